The number of halogens is 3. The van der Waals surface area contributed by atoms with Crippen molar-refractivity contribution in [3.63, 3.8) is 0 Å². The van der Waals surface area contributed by atoms with Crippen LogP contribution in [0.15, 0.2) is 41.3 Å². The van der Waals surface area contributed by atoms with Gasteiger partial charge in [0, 0.05) is 18.7 Å². The Bertz CT molecular complexity index is 1110. The van der Waals surface area contributed by atoms with Crippen LogP contribution in [0.4, 0.5) is 18.9 Å². The first-order valence-electron chi connectivity index (χ1n) is 10.4. The van der Waals surface area contributed by atoms with Crippen molar-refractivity contribution in [3.05, 3.63) is 53.1 Å². The summed E-state index contributed by atoms with van der Waals surface area (Å²) in [5.41, 5.74) is -0.571. The molecule has 33 heavy (non-hydrogen) atoms. The number of hydrogen-bond donors (Lipinski definition) is 1. The second kappa shape index (κ2) is 10.1. The van der Waals surface area contributed by atoms with Crippen molar-refractivity contribution in [2.45, 2.75) is 31.3 Å². The molecule has 0 saturated carbocycles. The van der Waals surface area contributed by atoms with E-state index in [1.54, 1.807) is 13.8 Å². The molecule has 3 rings (SSSR count). The van der Waals surface area contributed by atoms with E-state index in [2.05, 4.69) is 5.32 Å². The van der Waals surface area contributed by atoms with Gasteiger partial charge in [-0.1, -0.05) is 13.0 Å². The summed E-state index contributed by atoms with van der Waals surface area (Å²) in [6, 6.07) is 7.03. The fourth-order valence-electron chi connectivity index (χ4n) is 3.43. The van der Waals surface area contributed by atoms with E-state index in [9.17, 15) is 26.4 Å². The maximum Gasteiger partial charge on any atom is 0.416 e. The van der Waals surface area contributed by atoms with Gasteiger partial charge in [-0.2, -0.15) is 17.5 Å². The number of amides is 1. The lowest BCUT2D eigenvalue weighted by Gasteiger charge is -2.27. The van der Waals surface area contributed by atoms with Gasteiger partial charge in [0.2, 0.25) is 10.0 Å². The Kier molecular flexibility index (Phi) is 7.65. The molecule has 1 heterocycles. The SMILES string of the molecule is CCOc1ccc(C(F)(F)F)cc1NC(=O)c1ccc(CC)c(S(=O)(=O)N2CCOCC2)c1. The Morgan fingerprint density at radius 3 is 2.42 bits per heavy atom. The number of nitrogens with one attached hydrogen (secondary N) is 1. The highest BCUT2D eigenvalue weighted by Gasteiger charge is 2.32. The maximum absolute atomic E-state index is 13.2. The zero-order chi connectivity index (χ0) is 24.2. The van der Waals surface area contributed by atoms with E-state index in [0.29, 0.717) is 12.0 Å². The number of anilines is 1. The van der Waals surface area contributed by atoms with Crippen LogP contribution < -0.4 is 10.1 Å². The largest absolute Gasteiger partial charge is 0.492 e. The van der Waals surface area contributed by atoms with Crippen LogP contribution in [0.2, 0.25) is 0 Å². The average molecular weight is 487 g/mol. The number of alkyl halides is 3. The van der Waals surface area contributed by atoms with Crippen molar-refractivity contribution >= 4 is 21.6 Å². The summed E-state index contributed by atoms with van der Waals surface area (Å²) < 4.78 is 77.7. The van der Waals surface area contributed by atoms with Gasteiger partial charge in [0.1, 0.15) is 5.75 Å². The van der Waals surface area contributed by atoms with E-state index in [-0.39, 0.29) is 54.8 Å². The predicted octanol–water partition coefficient (Wildman–Crippen LogP) is 3.94. The molecule has 2 aromatic rings. The Morgan fingerprint density at radius 2 is 1.82 bits per heavy atom. The zero-order valence-electron chi connectivity index (χ0n) is 18.2. The van der Waals surface area contributed by atoms with Gasteiger partial charge >= 0.3 is 6.18 Å². The third-order valence-electron chi connectivity index (χ3n) is 5.15. The lowest BCUT2D eigenvalue weighted by Crippen LogP contribution is -2.41. The van der Waals surface area contributed by atoms with Crippen LogP contribution in [0.1, 0.15) is 35.3 Å². The smallest absolute Gasteiger partial charge is 0.416 e. The molecule has 0 aromatic heterocycles. The summed E-state index contributed by atoms with van der Waals surface area (Å²) in [4.78, 5) is 12.9. The van der Waals surface area contributed by atoms with Gasteiger partial charge in [-0.05, 0) is 49.2 Å². The van der Waals surface area contributed by atoms with Crippen LogP contribution in [-0.4, -0.2) is 51.5 Å². The summed E-state index contributed by atoms with van der Waals surface area (Å²) in [5, 5.41) is 2.43. The molecule has 1 N–H and O–H groups in total. The molecule has 0 spiro atoms. The number of sulfonamides is 1. The minimum Gasteiger partial charge on any atom is -0.492 e. The molecule has 0 bridgehead atoms. The van der Waals surface area contributed by atoms with E-state index in [1.807, 2.05) is 0 Å². The van der Waals surface area contributed by atoms with Crippen LogP contribution in [0.5, 0.6) is 5.75 Å². The summed E-state index contributed by atoms with van der Waals surface area (Å²) in [6.07, 6.45) is -4.19. The van der Waals surface area contributed by atoms with Crippen molar-refractivity contribution in [2.75, 3.05) is 38.2 Å². The Hall–Kier alpha value is -2.63. The summed E-state index contributed by atoms with van der Waals surface area (Å²) in [7, 11) is -3.88. The normalized spacial score (nSPS) is 15.3. The topological polar surface area (TPSA) is 84.9 Å². The molecule has 0 aliphatic carbocycles. The standard InChI is InChI=1S/C22H25F3N2O5S/c1-3-15-5-6-16(13-20(15)33(29,30)27-9-11-31-12-10-27)21(28)26-18-14-17(22(23,24)25)7-8-19(18)32-4-2/h5-8,13-14H,3-4,9-12H2,1-2H3,(H,26,28). The molecule has 0 radical (unpaired) electrons. The number of benzene rings is 2. The van der Waals surface area contributed by atoms with E-state index < -0.39 is 27.7 Å². The van der Waals surface area contributed by atoms with Crippen molar-refractivity contribution in [1.82, 2.24) is 4.31 Å². The molecule has 1 fully saturated rings. The monoisotopic (exact) mass is 486 g/mol. The van der Waals surface area contributed by atoms with Crippen LogP contribution in [0.25, 0.3) is 0 Å². The van der Waals surface area contributed by atoms with Crippen molar-refractivity contribution in [2.24, 2.45) is 0 Å². The molecule has 1 aliphatic rings. The highest BCUT2D eigenvalue weighted by molar-refractivity contribution is 7.89. The van der Waals surface area contributed by atoms with Gasteiger partial charge in [-0.15, -0.1) is 0 Å². The number of aryl methyl sites for hydroxylation is 1. The minimum absolute atomic E-state index is 0.00102. The van der Waals surface area contributed by atoms with Crippen molar-refractivity contribution < 1.29 is 35.9 Å². The van der Waals surface area contributed by atoms with Gasteiger partial charge in [0.25, 0.3) is 5.91 Å². The van der Waals surface area contributed by atoms with E-state index >= 15 is 0 Å². The first-order valence-corrected chi connectivity index (χ1v) is 11.9. The van der Waals surface area contributed by atoms with E-state index in [4.69, 9.17) is 9.47 Å². The van der Waals surface area contributed by atoms with Crippen LogP contribution >= 0.6 is 0 Å². The predicted molar refractivity (Wildman–Crippen MR) is 116 cm³/mol. The lowest BCUT2D eigenvalue weighted by molar-refractivity contribution is -0.137. The maximum atomic E-state index is 13.2. The molecule has 0 atom stereocenters. The second-order valence-corrected chi connectivity index (χ2v) is 9.19. The molecular formula is C22H25F3N2O5S. The molecule has 2 aromatic carbocycles. The number of carbonyl (C=O) groups excluding carboxylic acids is 1. The van der Waals surface area contributed by atoms with Crippen LogP contribution in [-0.2, 0) is 27.4 Å². The number of ether oxygens (including phenoxy) is 2. The van der Waals surface area contributed by atoms with Crippen molar-refractivity contribution in [3.8, 4) is 5.75 Å². The van der Waals surface area contributed by atoms with Gasteiger partial charge in [-0.3, -0.25) is 4.79 Å². The summed E-state index contributed by atoms with van der Waals surface area (Å²) in [5.74, 6) is -0.679. The van der Waals surface area contributed by atoms with E-state index in [1.165, 1.54) is 22.5 Å². The third kappa shape index (κ3) is 5.66. The van der Waals surface area contributed by atoms with Gasteiger partial charge in [-0.25, -0.2) is 8.42 Å². The molecule has 1 saturated heterocycles. The minimum atomic E-state index is -4.60. The third-order valence-corrected chi connectivity index (χ3v) is 7.13. The summed E-state index contributed by atoms with van der Waals surface area (Å²) in [6.45, 7) is 4.59. The molecule has 0 unspecified atom stereocenters. The average Bonchev–Trinajstić information content (AvgIpc) is 2.79. The fourth-order valence-corrected chi connectivity index (χ4v) is 5.16. The van der Waals surface area contributed by atoms with Crippen LogP contribution in [0.3, 0.4) is 0 Å². The molecule has 1 amide bonds. The highest BCUT2D eigenvalue weighted by Crippen LogP contribution is 2.35. The molecule has 1 aliphatic heterocycles. The van der Waals surface area contributed by atoms with Crippen LogP contribution in [0, 0.1) is 0 Å². The first kappa shape index (κ1) is 25.0. The quantitative estimate of drug-likeness (QED) is 0.641. The molecule has 180 valence electrons. The highest BCUT2D eigenvalue weighted by atomic mass is 32.2. The van der Waals surface area contributed by atoms with Gasteiger partial charge in [0.15, 0.2) is 0 Å². The number of carbonyl (C=O) groups is 1. The molecule has 7 nitrogen and oxygen atoms in total. The lowest BCUT2D eigenvalue weighted by atomic mass is 10.1. The van der Waals surface area contributed by atoms with E-state index in [0.717, 1.165) is 18.2 Å². The second-order valence-electron chi connectivity index (χ2n) is 7.29. The fraction of sp³-hybridized carbons (Fsp3) is 0.409. The molecule has 11 heteroatoms. The number of rotatable bonds is 7. The number of hydrogen-bond acceptors (Lipinski definition) is 5. The van der Waals surface area contributed by atoms with Crippen molar-refractivity contribution in [1.29, 1.82) is 0 Å². The number of nitrogens with zero attached hydrogens (tertiary/aromatic N) is 1. The molecular weight excluding hydrogens is 461 g/mol. The summed E-state index contributed by atoms with van der Waals surface area (Å²) >= 11 is 0. The number of morpholine rings is 1. The Balaban J connectivity index is 1.96. The van der Waals surface area contributed by atoms with Gasteiger partial charge in [0.05, 0.1) is 36.0 Å². The van der Waals surface area contributed by atoms with Gasteiger partial charge < -0.3 is 14.8 Å². The first-order chi connectivity index (χ1) is 15.6. The Labute approximate surface area is 190 Å². The Morgan fingerprint density at radius 1 is 1.12 bits per heavy atom. The zero-order valence-corrected chi connectivity index (χ0v) is 19.1.